The third-order valence-electron chi connectivity index (χ3n) is 6.11. The van der Waals surface area contributed by atoms with Gasteiger partial charge in [-0.1, -0.05) is 39.0 Å². The number of methoxy groups -OCH3 is 2. The van der Waals surface area contributed by atoms with Crippen LogP contribution < -0.4 is 14.2 Å². The molecule has 8 nitrogen and oxygen atoms in total. The fourth-order valence-electron chi connectivity index (χ4n) is 4.13. The van der Waals surface area contributed by atoms with Crippen LogP contribution in [0, 0.1) is 5.92 Å². The summed E-state index contributed by atoms with van der Waals surface area (Å²) in [5, 5.41) is 11.3. The van der Waals surface area contributed by atoms with E-state index in [1.54, 1.807) is 42.5 Å². The molecule has 8 heteroatoms. The molecule has 2 aromatic rings. The van der Waals surface area contributed by atoms with Crippen LogP contribution in [0.5, 0.6) is 17.2 Å². The number of aliphatic hydroxyl groups excluding tert-OH is 1. The van der Waals surface area contributed by atoms with Crippen molar-refractivity contribution in [1.29, 1.82) is 0 Å². The minimum atomic E-state index is -0.825. The molecule has 0 spiro atoms. The summed E-state index contributed by atoms with van der Waals surface area (Å²) in [4.78, 5) is 27.7. The van der Waals surface area contributed by atoms with Crippen LogP contribution in [-0.4, -0.2) is 62.3 Å². The van der Waals surface area contributed by atoms with Crippen LogP contribution in [0.1, 0.15) is 50.8 Å². The molecular weight excluding hydrogens is 474 g/mol. The Morgan fingerprint density at radius 1 is 1.00 bits per heavy atom. The number of ether oxygens (including phenoxy) is 4. The van der Waals surface area contributed by atoms with Gasteiger partial charge in [0, 0.05) is 19.2 Å². The number of Topliss-reactive ketones (excluding diaryl/α,β-unsaturated/α-hetero) is 1. The Balaban J connectivity index is 2.07. The maximum absolute atomic E-state index is 13.2. The van der Waals surface area contributed by atoms with E-state index in [2.05, 4.69) is 13.8 Å². The number of carbonyl (C=O) groups excluding carboxylic acids is 2. The van der Waals surface area contributed by atoms with Crippen molar-refractivity contribution in [1.82, 2.24) is 4.90 Å². The summed E-state index contributed by atoms with van der Waals surface area (Å²) in [5.41, 5.74) is 1.01. The lowest BCUT2D eigenvalue weighted by molar-refractivity contribution is -0.140. The number of amides is 1. The van der Waals surface area contributed by atoms with Gasteiger partial charge in [0.15, 0.2) is 11.5 Å². The summed E-state index contributed by atoms with van der Waals surface area (Å²) < 4.78 is 22.4. The number of carbonyl (C=O) groups is 2. The molecule has 1 aliphatic heterocycles. The number of aliphatic hydroxyl groups is 1. The SMILES string of the molecule is CCCOc1cccc(C(O)=C2C(=O)C(=O)N(CCOC)C2c2ccc(OCCC(C)C)c(OC)c2)c1. The fraction of sp³-hybridized carbons (Fsp3) is 0.448. The molecule has 3 rings (SSSR count). The highest BCUT2D eigenvalue weighted by molar-refractivity contribution is 6.46. The summed E-state index contributed by atoms with van der Waals surface area (Å²) in [6.07, 6.45) is 1.73. The molecule has 37 heavy (non-hydrogen) atoms. The normalized spacial score (nSPS) is 16.9. The summed E-state index contributed by atoms with van der Waals surface area (Å²) in [7, 11) is 3.07. The van der Waals surface area contributed by atoms with Crippen molar-refractivity contribution in [3.63, 3.8) is 0 Å². The van der Waals surface area contributed by atoms with E-state index >= 15 is 0 Å². The number of hydrogen-bond donors (Lipinski definition) is 1. The van der Waals surface area contributed by atoms with Gasteiger partial charge in [-0.05, 0) is 48.6 Å². The first-order chi connectivity index (χ1) is 17.8. The first-order valence-corrected chi connectivity index (χ1v) is 12.6. The van der Waals surface area contributed by atoms with Crippen molar-refractivity contribution in [2.75, 3.05) is 40.6 Å². The van der Waals surface area contributed by atoms with Crippen molar-refractivity contribution < 1.29 is 33.6 Å². The topological polar surface area (TPSA) is 94.5 Å². The minimum absolute atomic E-state index is 0.00396. The van der Waals surface area contributed by atoms with E-state index in [0.29, 0.717) is 47.5 Å². The molecular formula is C29H37NO7. The van der Waals surface area contributed by atoms with E-state index in [1.807, 2.05) is 6.92 Å². The van der Waals surface area contributed by atoms with Crippen molar-refractivity contribution in [3.05, 3.63) is 59.2 Å². The quantitative estimate of drug-likeness (QED) is 0.230. The number of benzene rings is 2. The van der Waals surface area contributed by atoms with Gasteiger partial charge >= 0.3 is 0 Å². The van der Waals surface area contributed by atoms with Gasteiger partial charge in [-0.3, -0.25) is 9.59 Å². The van der Waals surface area contributed by atoms with Crippen molar-refractivity contribution in [2.45, 2.75) is 39.7 Å². The van der Waals surface area contributed by atoms with Crippen molar-refractivity contribution >= 4 is 17.4 Å². The Morgan fingerprint density at radius 3 is 2.46 bits per heavy atom. The predicted octanol–water partition coefficient (Wildman–Crippen LogP) is 4.98. The lowest BCUT2D eigenvalue weighted by atomic mass is 9.95. The first kappa shape index (κ1) is 28.1. The Bertz CT molecular complexity index is 1120. The van der Waals surface area contributed by atoms with E-state index in [-0.39, 0.29) is 24.5 Å². The molecule has 2 aromatic carbocycles. The standard InChI is InChI=1S/C29H37NO7/c1-6-14-36-22-9-7-8-21(17-22)27(31)25-26(30(13-16-34-4)29(33)28(25)32)20-10-11-23(24(18-20)35-5)37-15-12-19(2)3/h7-11,17-19,26,31H,6,12-16H2,1-5H3. The van der Waals surface area contributed by atoms with Crippen LogP contribution in [0.4, 0.5) is 0 Å². The van der Waals surface area contributed by atoms with Crippen LogP contribution in [-0.2, 0) is 14.3 Å². The van der Waals surface area contributed by atoms with E-state index in [4.69, 9.17) is 18.9 Å². The summed E-state index contributed by atoms with van der Waals surface area (Å²) in [6, 6.07) is 11.3. The lowest BCUT2D eigenvalue weighted by Crippen LogP contribution is -2.32. The number of nitrogens with zero attached hydrogens (tertiary/aromatic N) is 1. The number of ketones is 1. The molecule has 1 atom stereocenters. The molecule has 0 bridgehead atoms. The van der Waals surface area contributed by atoms with E-state index in [0.717, 1.165) is 12.8 Å². The second kappa shape index (κ2) is 13.1. The van der Waals surface area contributed by atoms with Crippen LogP contribution in [0.2, 0.25) is 0 Å². The Labute approximate surface area is 218 Å². The molecule has 200 valence electrons. The molecule has 1 aliphatic rings. The van der Waals surface area contributed by atoms with Crippen molar-refractivity contribution in [3.8, 4) is 17.2 Å². The summed E-state index contributed by atoms with van der Waals surface area (Å²) >= 11 is 0. The van der Waals surface area contributed by atoms with Gasteiger partial charge in [0.05, 0.1) is 38.5 Å². The van der Waals surface area contributed by atoms with E-state index in [1.165, 1.54) is 19.1 Å². The Morgan fingerprint density at radius 2 is 1.78 bits per heavy atom. The van der Waals surface area contributed by atoms with Gasteiger partial charge in [-0.25, -0.2) is 0 Å². The van der Waals surface area contributed by atoms with Gasteiger partial charge in [0.1, 0.15) is 11.5 Å². The number of likely N-dealkylation sites (tertiary alicyclic amines) is 1. The zero-order valence-electron chi connectivity index (χ0n) is 22.3. The molecule has 0 radical (unpaired) electrons. The van der Waals surface area contributed by atoms with E-state index < -0.39 is 17.7 Å². The lowest BCUT2D eigenvalue weighted by Gasteiger charge is -2.25. The van der Waals surface area contributed by atoms with Crippen LogP contribution >= 0.6 is 0 Å². The molecule has 0 aromatic heterocycles. The summed E-state index contributed by atoms with van der Waals surface area (Å²) in [5.74, 6) is 0.404. The third-order valence-corrected chi connectivity index (χ3v) is 6.11. The van der Waals surface area contributed by atoms with Gasteiger partial charge in [-0.2, -0.15) is 0 Å². The maximum Gasteiger partial charge on any atom is 0.295 e. The highest BCUT2D eigenvalue weighted by atomic mass is 16.5. The highest BCUT2D eigenvalue weighted by Crippen LogP contribution is 2.42. The molecule has 1 unspecified atom stereocenters. The molecule has 0 aliphatic carbocycles. The molecule has 1 amide bonds. The Kier molecular flexibility index (Phi) is 9.97. The van der Waals surface area contributed by atoms with Crippen LogP contribution in [0.3, 0.4) is 0 Å². The molecule has 1 heterocycles. The molecule has 0 saturated carbocycles. The van der Waals surface area contributed by atoms with Gasteiger partial charge < -0.3 is 29.0 Å². The van der Waals surface area contributed by atoms with Gasteiger partial charge in [0.2, 0.25) is 0 Å². The summed E-state index contributed by atoms with van der Waals surface area (Å²) in [6.45, 7) is 7.72. The Hall–Kier alpha value is -3.52. The first-order valence-electron chi connectivity index (χ1n) is 12.6. The fourth-order valence-corrected chi connectivity index (χ4v) is 4.13. The van der Waals surface area contributed by atoms with Gasteiger partial charge in [0.25, 0.3) is 11.7 Å². The largest absolute Gasteiger partial charge is 0.507 e. The number of hydrogen-bond acceptors (Lipinski definition) is 7. The second-order valence-electron chi connectivity index (χ2n) is 9.30. The maximum atomic E-state index is 13.2. The van der Waals surface area contributed by atoms with Crippen molar-refractivity contribution in [2.24, 2.45) is 5.92 Å². The zero-order valence-corrected chi connectivity index (χ0v) is 22.3. The molecule has 1 fully saturated rings. The minimum Gasteiger partial charge on any atom is -0.507 e. The average Bonchev–Trinajstić information content (AvgIpc) is 3.15. The zero-order chi connectivity index (χ0) is 26.9. The highest BCUT2D eigenvalue weighted by Gasteiger charge is 2.46. The smallest absolute Gasteiger partial charge is 0.295 e. The monoisotopic (exact) mass is 511 g/mol. The molecule has 1 saturated heterocycles. The van der Waals surface area contributed by atoms with Crippen LogP contribution in [0.25, 0.3) is 5.76 Å². The van der Waals surface area contributed by atoms with E-state index in [9.17, 15) is 14.7 Å². The molecule has 1 N–H and O–H groups in total. The third kappa shape index (κ3) is 6.63. The predicted molar refractivity (Wildman–Crippen MR) is 141 cm³/mol. The average molecular weight is 512 g/mol. The van der Waals surface area contributed by atoms with Gasteiger partial charge in [-0.15, -0.1) is 0 Å². The number of rotatable bonds is 13. The van der Waals surface area contributed by atoms with Crippen LogP contribution in [0.15, 0.2) is 48.0 Å². The second-order valence-corrected chi connectivity index (χ2v) is 9.30.